The summed E-state index contributed by atoms with van der Waals surface area (Å²) >= 11 is 0. The van der Waals surface area contributed by atoms with Crippen LogP contribution in [0.4, 0.5) is 11.5 Å². The van der Waals surface area contributed by atoms with Crippen molar-refractivity contribution in [1.29, 1.82) is 0 Å². The Hall–Kier alpha value is -3.75. The summed E-state index contributed by atoms with van der Waals surface area (Å²) < 4.78 is 6.31. The second-order valence-electron chi connectivity index (χ2n) is 11.8. The minimum Gasteiger partial charge on any atom is -0.462 e. The molecule has 1 aromatic carbocycles. The maximum absolute atomic E-state index is 12.5. The zero-order valence-electron chi connectivity index (χ0n) is 25.4. The summed E-state index contributed by atoms with van der Waals surface area (Å²) in [5.41, 5.74) is 7.06. The van der Waals surface area contributed by atoms with Gasteiger partial charge in [-0.1, -0.05) is 6.58 Å². The predicted molar refractivity (Wildman–Crippen MR) is 175 cm³/mol. The zero-order chi connectivity index (χ0) is 29.4. The van der Waals surface area contributed by atoms with Gasteiger partial charge < -0.3 is 34.2 Å². The molecule has 2 atom stereocenters. The fraction of sp³-hybridized carbons (Fsp3) is 0.500. The van der Waals surface area contributed by atoms with Crippen LogP contribution in [0.25, 0.3) is 15.7 Å². The first kappa shape index (κ1) is 30.7. The number of piperazine rings is 1. The van der Waals surface area contributed by atoms with E-state index in [2.05, 4.69) is 64.1 Å². The fourth-order valence-electron chi connectivity index (χ4n) is 6.81. The van der Waals surface area contributed by atoms with Crippen LogP contribution in [-0.2, 0) is 17.8 Å². The number of nitrogens with zero attached hydrogens (tertiary/aromatic N) is 7. The zero-order valence-corrected chi connectivity index (χ0v) is 26.4. The van der Waals surface area contributed by atoms with Crippen LogP contribution in [0.15, 0.2) is 31.0 Å². The number of aromatic nitrogens is 3. The number of hydrogen-bond acceptors (Lipinski definition) is 7. The lowest BCUT2D eigenvalue weighted by atomic mass is 9.99. The van der Waals surface area contributed by atoms with Crippen LogP contribution in [-0.4, -0.2) is 95.7 Å². The molecule has 3 aromatic rings. The van der Waals surface area contributed by atoms with Gasteiger partial charge in [-0.25, -0.2) is 6.57 Å². The van der Waals surface area contributed by atoms with Crippen LogP contribution in [0.1, 0.15) is 35.2 Å². The Morgan fingerprint density at radius 1 is 1.21 bits per heavy atom. The van der Waals surface area contributed by atoms with E-state index in [1.807, 2.05) is 6.20 Å². The molecule has 43 heavy (non-hydrogen) atoms. The van der Waals surface area contributed by atoms with Gasteiger partial charge in [-0.15, -0.1) is 0 Å². The Morgan fingerprint density at radius 2 is 2.05 bits per heavy atom. The van der Waals surface area contributed by atoms with Gasteiger partial charge in [0.1, 0.15) is 18.5 Å². The molecule has 0 unspecified atom stereocenters. The van der Waals surface area contributed by atoms with E-state index >= 15 is 0 Å². The molecule has 2 aromatic heterocycles. The number of fused-ring (bicyclic) bond motifs is 2. The van der Waals surface area contributed by atoms with Gasteiger partial charge in [-0.2, -0.15) is 23.5 Å². The van der Waals surface area contributed by atoms with Crippen molar-refractivity contribution in [2.75, 3.05) is 62.7 Å². The first-order valence-corrected chi connectivity index (χ1v) is 14.9. The number of nitrogens with one attached hydrogen (secondary N) is 1. The van der Waals surface area contributed by atoms with E-state index in [9.17, 15) is 4.79 Å². The third kappa shape index (κ3) is 5.91. The summed E-state index contributed by atoms with van der Waals surface area (Å²) in [6, 6.07) is 4.92. The van der Waals surface area contributed by atoms with Gasteiger partial charge in [0.25, 0.3) is 0 Å². The van der Waals surface area contributed by atoms with Crippen molar-refractivity contribution in [2.24, 2.45) is 0 Å². The number of anilines is 2. The van der Waals surface area contributed by atoms with Crippen LogP contribution >= 0.6 is 13.5 Å². The number of aryl methyl sites for hydroxylation is 1. The van der Waals surface area contributed by atoms with Crippen molar-refractivity contribution in [3.8, 4) is 6.01 Å². The summed E-state index contributed by atoms with van der Waals surface area (Å²) in [6.45, 7) is 20.6. The van der Waals surface area contributed by atoms with Crippen molar-refractivity contribution in [3.63, 3.8) is 0 Å². The Morgan fingerprint density at radius 3 is 2.79 bits per heavy atom. The Kier molecular flexibility index (Phi) is 9.18. The topological polar surface area (TPSA) is 85.2 Å². The molecule has 0 spiro atoms. The van der Waals surface area contributed by atoms with E-state index in [1.165, 1.54) is 34.7 Å². The fourth-order valence-corrected chi connectivity index (χ4v) is 6.81. The third-order valence-corrected chi connectivity index (χ3v) is 9.30. The second-order valence-corrected chi connectivity index (χ2v) is 11.8. The number of rotatable bonds is 7. The second kappa shape index (κ2) is 12.9. The quantitative estimate of drug-likeness (QED) is 0.325. The molecule has 5 heterocycles. The van der Waals surface area contributed by atoms with Crippen molar-refractivity contribution in [3.05, 3.63) is 64.8 Å². The molecule has 0 radical (unpaired) electrons. The predicted octanol–water partition coefficient (Wildman–Crippen LogP) is 3.85. The normalized spacial score (nSPS) is 20.5. The van der Waals surface area contributed by atoms with Gasteiger partial charge in [0, 0.05) is 60.6 Å². The summed E-state index contributed by atoms with van der Waals surface area (Å²) in [5, 5.41) is 1.22. The van der Waals surface area contributed by atoms with E-state index in [-0.39, 0.29) is 32.0 Å². The highest BCUT2D eigenvalue weighted by atomic mass is 32.1. The number of H-pyrrole nitrogens is 1. The minimum atomic E-state index is -0.222. The largest absolute Gasteiger partial charge is 0.462 e. The highest BCUT2D eigenvalue weighted by Gasteiger charge is 2.35. The van der Waals surface area contributed by atoms with Gasteiger partial charge in [0.15, 0.2) is 0 Å². The smallest absolute Gasteiger partial charge is 0.318 e. The monoisotopic (exact) mass is 602 g/mol. The van der Waals surface area contributed by atoms with Crippen molar-refractivity contribution < 1.29 is 9.53 Å². The van der Waals surface area contributed by atoms with E-state index in [1.54, 1.807) is 4.90 Å². The van der Waals surface area contributed by atoms with Crippen LogP contribution < -0.4 is 14.5 Å². The molecule has 0 bridgehead atoms. The lowest BCUT2D eigenvalue weighted by Gasteiger charge is -2.41. The maximum atomic E-state index is 12.5. The number of carbonyl (C=O) groups is 1. The van der Waals surface area contributed by atoms with Gasteiger partial charge in [-0.05, 0) is 76.0 Å². The molecule has 10 nitrogen and oxygen atoms in total. The van der Waals surface area contributed by atoms with Crippen LogP contribution in [0.3, 0.4) is 0 Å². The number of amides is 1. The molecule has 2 saturated heterocycles. The van der Waals surface area contributed by atoms with Gasteiger partial charge in [-0.3, -0.25) is 4.79 Å². The summed E-state index contributed by atoms with van der Waals surface area (Å²) in [4.78, 5) is 38.4. The highest BCUT2D eigenvalue weighted by Crippen LogP contribution is 2.37. The maximum Gasteiger partial charge on any atom is 0.318 e. The number of benzene rings is 1. The van der Waals surface area contributed by atoms with Crippen molar-refractivity contribution in [2.45, 2.75) is 51.7 Å². The number of hydrogen-bond donors (Lipinski definition) is 1. The van der Waals surface area contributed by atoms with Crippen LogP contribution in [0.2, 0.25) is 0 Å². The van der Waals surface area contributed by atoms with Crippen molar-refractivity contribution >= 4 is 41.8 Å². The highest BCUT2D eigenvalue weighted by molar-refractivity contribution is 7.59. The first-order valence-electron chi connectivity index (χ1n) is 14.9. The Bertz CT molecular complexity index is 1550. The van der Waals surface area contributed by atoms with E-state index in [0.29, 0.717) is 44.8 Å². The molecule has 2 fully saturated rings. The molecule has 3 aliphatic rings. The number of likely N-dealkylation sites (tertiary alicyclic amines) is 1. The molecule has 0 aliphatic carbocycles. The summed E-state index contributed by atoms with van der Waals surface area (Å²) in [7, 11) is 2.14. The first-order chi connectivity index (χ1) is 20.4. The minimum absolute atomic E-state index is 0. The van der Waals surface area contributed by atoms with Crippen LogP contribution in [0, 0.1) is 20.4 Å². The van der Waals surface area contributed by atoms with E-state index in [4.69, 9.17) is 21.3 Å². The number of likely N-dealkylation sites (N-methyl/N-ethyl adjacent to an activating group) is 1. The lowest BCUT2D eigenvalue weighted by molar-refractivity contribution is -0.128. The molecule has 3 aliphatic heterocycles. The molecule has 1 amide bonds. The number of ether oxygens (including phenoxy) is 1. The molecule has 11 heteroatoms. The van der Waals surface area contributed by atoms with E-state index in [0.717, 1.165) is 48.5 Å². The van der Waals surface area contributed by atoms with Gasteiger partial charge in [0.2, 0.25) is 12.5 Å². The lowest BCUT2D eigenvalue weighted by Crippen LogP contribution is -2.56. The van der Waals surface area contributed by atoms with Crippen LogP contribution in [0.5, 0.6) is 6.01 Å². The van der Waals surface area contributed by atoms with E-state index < -0.39 is 0 Å². The molecule has 6 rings (SSSR count). The van der Waals surface area contributed by atoms with Gasteiger partial charge >= 0.3 is 6.01 Å². The average molecular weight is 603 g/mol. The Balaban J connectivity index is 0.00000368. The van der Waals surface area contributed by atoms with Gasteiger partial charge in [0.05, 0.1) is 12.2 Å². The third-order valence-electron chi connectivity index (χ3n) is 9.30. The summed E-state index contributed by atoms with van der Waals surface area (Å²) in [5.74, 6) is 0.751. The SMILES string of the molecule is S.[C-]#[N+]C[C@H]1CN(c2nc(OC[C@@H]3CCCN3C)nc3c2CCN(c2c(C)c(C)cc4[nH]ccc24)C3)CCN1C(=O)C=C. The standard InChI is InChI=1S/C32H40N8O2.H2S/c1-6-29(41)40-15-14-39(18-24(40)17-33-4)31-26-10-13-38(30-22(3)21(2)16-27-25(30)9-11-34-27)19-28(26)35-32(36-31)42-20-23-8-7-12-37(23)5;/h6,9,11,16,23-24,34H,1,7-8,10,12-15,17-20H2,2-3,5H3;1H2/t23-,24-;/m0./s1. The molecular formula is C32H42N8O2S. The molecule has 228 valence electrons. The molecule has 1 N–H and O–H groups in total. The Labute approximate surface area is 261 Å². The molecular weight excluding hydrogens is 560 g/mol. The molecule has 0 saturated carbocycles. The van der Waals surface area contributed by atoms with Crippen molar-refractivity contribution in [1.82, 2.24) is 24.8 Å². The summed E-state index contributed by atoms with van der Waals surface area (Å²) in [6.07, 6.45) is 6.44. The number of aromatic amines is 1. The number of carbonyl (C=O) groups excluding carboxylic acids is 1. The average Bonchev–Trinajstić information content (AvgIpc) is 3.63.